The predicted molar refractivity (Wildman–Crippen MR) is 101 cm³/mol. The first kappa shape index (κ1) is 20.6. The van der Waals surface area contributed by atoms with E-state index < -0.39 is 0 Å². The van der Waals surface area contributed by atoms with Crippen LogP contribution in [-0.4, -0.2) is 49.2 Å². The Labute approximate surface area is 160 Å². The topological polar surface area (TPSA) is 89.0 Å². The third-order valence-corrected chi connectivity index (χ3v) is 3.58. The molecule has 4 N–H and O–H groups in total. The van der Waals surface area contributed by atoms with Crippen LogP contribution in [0.15, 0.2) is 18.7 Å². The van der Waals surface area contributed by atoms with Crippen molar-refractivity contribution in [2.45, 2.75) is 33.9 Å². The van der Waals surface area contributed by atoms with Gasteiger partial charge in [0.15, 0.2) is 5.82 Å². The molecule has 0 saturated carbocycles. The molecule has 0 unspecified atom stereocenters. The van der Waals surface area contributed by atoms with E-state index in [4.69, 9.17) is 5.73 Å². The van der Waals surface area contributed by atoms with E-state index in [1.165, 1.54) is 0 Å². The van der Waals surface area contributed by atoms with E-state index in [1.54, 1.807) is 13.0 Å². The Bertz CT molecular complexity index is 742. The van der Waals surface area contributed by atoms with Crippen LogP contribution in [0.5, 0.6) is 0 Å². The number of hydrogen-bond acceptors (Lipinski definition) is 5. The van der Waals surface area contributed by atoms with E-state index in [0.29, 0.717) is 30.5 Å². The zero-order valence-electron chi connectivity index (χ0n) is 15.6. The molecule has 126 valence electrons. The average Bonchev–Trinajstić information content (AvgIpc) is 2.86. The minimum absolute atomic E-state index is 0. The number of imidazole rings is 1. The molecule has 2 aromatic heterocycles. The number of nitrogen functional groups attached to an aromatic ring is 1. The molecule has 0 aliphatic rings. The zero-order chi connectivity index (χ0) is 17.0. The fourth-order valence-electron chi connectivity index (χ4n) is 2.54. The van der Waals surface area contributed by atoms with Crippen molar-refractivity contribution >= 4 is 46.0 Å². The summed E-state index contributed by atoms with van der Waals surface area (Å²) in [6, 6.07) is 0. The fraction of sp³-hybridized carbons (Fsp3) is 0.353. The van der Waals surface area contributed by atoms with E-state index >= 15 is 0 Å². The van der Waals surface area contributed by atoms with Gasteiger partial charge in [-0.1, -0.05) is 32.2 Å². The maximum atomic E-state index is 9.78. The molecule has 24 heavy (non-hydrogen) atoms. The summed E-state index contributed by atoms with van der Waals surface area (Å²) >= 11 is 0. The van der Waals surface area contributed by atoms with Gasteiger partial charge in [0.2, 0.25) is 0 Å². The van der Waals surface area contributed by atoms with Crippen molar-refractivity contribution in [3.63, 3.8) is 0 Å². The minimum atomic E-state index is 0. The number of nitrogens with two attached hydrogens (primary N) is 1. The van der Waals surface area contributed by atoms with Gasteiger partial charge in [0.25, 0.3) is 0 Å². The number of pyridine rings is 1. The third kappa shape index (κ3) is 4.35. The SMILES string of the molecule is C=C/C=C\c1nc(N)c2nc(CNCC)n(C[C-](C)O)c2c1C.[H-].[Mg+2]. The minimum Gasteiger partial charge on any atom is -1.00 e. The number of aromatic nitrogens is 3. The van der Waals surface area contributed by atoms with E-state index in [-0.39, 0.29) is 24.5 Å². The molecule has 0 fully saturated rings. The Morgan fingerprint density at radius 2 is 2.17 bits per heavy atom. The number of aliphatic hydroxyl groups excluding tert-OH is 1. The summed E-state index contributed by atoms with van der Waals surface area (Å²) in [4.78, 5) is 9.06. The molecular weight excluding hydrogens is 315 g/mol. The van der Waals surface area contributed by atoms with Crippen molar-refractivity contribution in [1.82, 2.24) is 19.9 Å². The number of hydrogen-bond donors (Lipinski definition) is 3. The fourth-order valence-corrected chi connectivity index (χ4v) is 2.54. The third-order valence-electron chi connectivity index (χ3n) is 3.58. The van der Waals surface area contributed by atoms with Crippen molar-refractivity contribution in [2.75, 3.05) is 12.3 Å². The molecule has 0 bridgehead atoms. The van der Waals surface area contributed by atoms with Gasteiger partial charge < -0.3 is 22.2 Å². The molecule has 2 aromatic rings. The zero-order valence-corrected chi connectivity index (χ0v) is 16.0. The van der Waals surface area contributed by atoms with Crippen LogP contribution >= 0.6 is 0 Å². The van der Waals surface area contributed by atoms with Crippen LogP contribution in [0.3, 0.4) is 0 Å². The smallest absolute Gasteiger partial charge is 1.00 e. The van der Waals surface area contributed by atoms with Crippen LogP contribution in [0.1, 0.15) is 32.4 Å². The monoisotopic (exact) mass is 339 g/mol. The Balaban J connectivity index is 0.00000288. The second kappa shape index (κ2) is 9.17. The van der Waals surface area contributed by atoms with Gasteiger partial charge in [-0.25, -0.2) is 9.97 Å². The van der Waals surface area contributed by atoms with E-state index in [2.05, 4.69) is 21.9 Å². The summed E-state index contributed by atoms with van der Waals surface area (Å²) in [7, 11) is 0. The van der Waals surface area contributed by atoms with Crippen LogP contribution in [-0.2, 0) is 13.1 Å². The van der Waals surface area contributed by atoms with Crippen molar-refractivity contribution in [3.8, 4) is 0 Å². The van der Waals surface area contributed by atoms with Crippen molar-refractivity contribution in [1.29, 1.82) is 0 Å². The number of nitrogens with one attached hydrogen (secondary N) is 1. The molecule has 0 atom stereocenters. The van der Waals surface area contributed by atoms with Crippen molar-refractivity contribution < 1.29 is 6.53 Å². The molecule has 0 spiro atoms. The second-order valence-electron chi connectivity index (χ2n) is 5.43. The first-order valence-corrected chi connectivity index (χ1v) is 7.66. The number of aliphatic hydroxyl groups is 1. The van der Waals surface area contributed by atoms with Crippen LogP contribution in [0.25, 0.3) is 17.1 Å². The maximum Gasteiger partial charge on any atom is 2.00 e. The molecule has 0 aliphatic carbocycles. The molecule has 0 saturated heterocycles. The molecule has 2 rings (SSSR count). The van der Waals surface area contributed by atoms with Gasteiger partial charge >= 0.3 is 23.1 Å². The van der Waals surface area contributed by atoms with Gasteiger partial charge in [-0.15, -0.1) is 0 Å². The van der Waals surface area contributed by atoms with E-state index in [1.807, 2.05) is 30.6 Å². The van der Waals surface area contributed by atoms with Gasteiger partial charge in [0, 0.05) is 5.56 Å². The van der Waals surface area contributed by atoms with Crippen LogP contribution in [0.4, 0.5) is 5.82 Å². The van der Waals surface area contributed by atoms with Crippen molar-refractivity contribution in [2.24, 2.45) is 0 Å². The number of rotatable bonds is 7. The molecule has 7 heteroatoms. The predicted octanol–water partition coefficient (Wildman–Crippen LogP) is 2.29. The van der Waals surface area contributed by atoms with Gasteiger partial charge in [0.1, 0.15) is 11.3 Å². The summed E-state index contributed by atoms with van der Waals surface area (Å²) in [5, 5.41) is 13.0. The number of allylic oxidation sites excluding steroid dienone is 2. The molecule has 6 nitrogen and oxygen atoms in total. The Kier molecular flexibility index (Phi) is 7.88. The van der Waals surface area contributed by atoms with Crippen LogP contribution < -0.4 is 11.1 Å². The quantitative estimate of drug-likeness (QED) is 0.409. The number of anilines is 1. The molecular formula is C17H25MgN5O. The Morgan fingerprint density at radius 1 is 1.46 bits per heavy atom. The van der Waals surface area contributed by atoms with Gasteiger partial charge in [-0.3, -0.25) is 0 Å². The molecule has 0 radical (unpaired) electrons. The summed E-state index contributed by atoms with van der Waals surface area (Å²) in [6.07, 6.45) is 5.71. The normalized spacial score (nSPS) is 11.4. The summed E-state index contributed by atoms with van der Waals surface area (Å²) < 4.78 is 1.99. The number of aryl methyl sites for hydroxylation is 1. The van der Waals surface area contributed by atoms with E-state index in [0.717, 1.165) is 29.1 Å². The summed E-state index contributed by atoms with van der Waals surface area (Å²) in [5.41, 5.74) is 9.44. The summed E-state index contributed by atoms with van der Waals surface area (Å²) in [6.45, 7) is 11.2. The first-order chi connectivity index (χ1) is 11.0. The van der Waals surface area contributed by atoms with E-state index in [9.17, 15) is 5.11 Å². The number of fused-ring (bicyclic) bond motifs is 1. The largest absolute Gasteiger partial charge is 2.00 e. The molecule has 0 amide bonds. The van der Waals surface area contributed by atoms with Gasteiger partial charge in [-0.2, -0.15) is 13.0 Å². The maximum absolute atomic E-state index is 9.78. The van der Waals surface area contributed by atoms with Crippen molar-refractivity contribution in [3.05, 3.63) is 41.9 Å². The molecule has 0 aliphatic heterocycles. The summed E-state index contributed by atoms with van der Waals surface area (Å²) in [5.74, 6) is 1.22. The molecule has 0 aromatic carbocycles. The number of nitrogens with zero attached hydrogens (tertiary/aromatic N) is 3. The Morgan fingerprint density at radius 3 is 2.75 bits per heavy atom. The standard InChI is InChI=1S/C17H24N5O.Mg.H/c1-5-7-8-13-12(4)16-15(17(18)20-13)21-14(9-19-6-2)22(16)10-11(3)23;;/h5,7-8,19,23H,1,6,9-10H2,2-4H3,(H2,18,20);;/q-1;+2;-1/b8-7-;;. The Hall–Kier alpha value is -1.41. The van der Waals surface area contributed by atoms with Gasteiger partial charge in [0.05, 0.1) is 17.8 Å². The van der Waals surface area contributed by atoms with Crippen LogP contribution in [0, 0.1) is 13.0 Å². The first-order valence-electron chi connectivity index (χ1n) is 7.66. The molecule has 2 heterocycles. The second-order valence-corrected chi connectivity index (χ2v) is 5.43. The average molecular weight is 340 g/mol. The van der Waals surface area contributed by atoms with Gasteiger partial charge in [-0.05, 0) is 19.5 Å². The van der Waals surface area contributed by atoms with Crippen LogP contribution in [0.2, 0.25) is 0 Å².